The lowest BCUT2D eigenvalue weighted by Gasteiger charge is -2.37. The van der Waals surface area contributed by atoms with Gasteiger partial charge >= 0.3 is 0 Å². The number of aromatic nitrogens is 4. The molecule has 3 heterocycles. The van der Waals surface area contributed by atoms with Crippen LogP contribution in [0, 0.1) is 0 Å². The van der Waals surface area contributed by atoms with Crippen LogP contribution in [-0.4, -0.2) is 76.9 Å². The van der Waals surface area contributed by atoms with Crippen LogP contribution in [0.1, 0.15) is 18.4 Å². The molecule has 222 valence electrons. The number of hydrogen-bond acceptors (Lipinski definition) is 9. The Morgan fingerprint density at radius 3 is 2.72 bits per heavy atom. The van der Waals surface area contributed by atoms with Gasteiger partial charge in [-0.3, -0.25) is 4.79 Å². The molecule has 1 spiro atoms. The van der Waals surface area contributed by atoms with Crippen LogP contribution in [0.5, 0.6) is 5.75 Å². The molecule has 0 unspecified atom stereocenters. The van der Waals surface area contributed by atoms with E-state index < -0.39 is 0 Å². The number of amides is 1. The van der Waals surface area contributed by atoms with E-state index in [4.69, 9.17) is 14.8 Å². The second kappa shape index (κ2) is 11.9. The first kappa shape index (κ1) is 28.4. The van der Waals surface area contributed by atoms with Crippen LogP contribution in [0.25, 0.3) is 17.1 Å². The Hall–Kier alpha value is -4.74. The van der Waals surface area contributed by atoms with E-state index in [0.29, 0.717) is 28.9 Å². The van der Waals surface area contributed by atoms with Gasteiger partial charge in [-0.25, -0.2) is 9.67 Å². The number of piperazine rings is 1. The van der Waals surface area contributed by atoms with E-state index in [0.717, 1.165) is 61.5 Å². The van der Waals surface area contributed by atoms with Crippen molar-refractivity contribution in [1.82, 2.24) is 30.0 Å². The number of nitrogens with zero attached hydrogens (tertiary/aromatic N) is 6. The molecule has 2 aromatic carbocycles. The molecule has 11 nitrogen and oxygen atoms in total. The molecule has 1 amide bonds. The minimum atomic E-state index is -0.284. The number of nitrogens with one attached hydrogen (secondary N) is 3. The summed E-state index contributed by atoms with van der Waals surface area (Å²) in [6.07, 6.45) is 7.28. The summed E-state index contributed by atoms with van der Waals surface area (Å²) in [5.41, 5.74) is 5.39. The third kappa shape index (κ3) is 6.23. The fourth-order valence-corrected chi connectivity index (χ4v) is 5.51. The molecule has 0 radical (unpaired) electrons. The van der Waals surface area contributed by atoms with Gasteiger partial charge in [0.2, 0.25) is 11.9 Å². The summed E-state index contributed by atoms with van der Waals surface area (Å²) in [5.74, 6) is 1.32. The minimum absolute atomic E-state index is 0.162. The van der Waals surface area contributed by atoms with Crippen molar-refractivity contribution in [1.29, 1.82) is 0 Å². The van der Waals surface area contributed by atoms with Gasteiger partial charge < -0.3 is 30.5 Å². The molecule has 1 aliphatic carbocycles. The summed E-state index contributed by atoms with van der Waals surface area (Å²) in [5, 5.41) is 14.8. The van der Waals surface area contributed by atoms with E-state index >= 15 is 0 Å². The van der Waals surface area contributed by atoms with Crippen LogP contribution in [-0.2, 0) is 11.3 Å². The lowest BCUT2D eigenvalue weighted by Crippen LogP contribution is -2.52. The molecule has 0 bridgehead atoms. The highest BCUT2D eigenvalue weighted by Crippen LogP contribution is 2.43. The standard InChI is InChI=1S/C32H37N9O2/c1-5-29(42)35-24-17-25(27(43-4)18-26(24)40-16-15-34-32(21-40)12-13-32)36-31-33-14-11-28(37-31)41-20-23(19-39(2)3)30(38-41)22-9-7-6-8-10-22/h5-11,14,17-18,20,34H,1,12-13,15-16,19,21H2,2-4H3,(H,35,42)(H,33,36,37). The molecule has 0 atom stereocenters. The van der Waals surface area contributed by atoms with E-state index in [1.165, 1.54) is 6.08 Å². The number of rotatable bonds is 10. The van der Waals surface area contributed by atoms with Crippen LogP contribution in [0.4, 0.5) is 23.0 Å². The summed E-state index contributed by atoms with van der Waals surface area (Å²) in [4.78, 5) is 26.1. The number of carbonyl (C=O) groups excluding carboxylic acids is 1. The van der Waals surface area contributed by atoms with Crippen molar-refractivity contribution in [3.63, 3.8) is 0 Å². The molecular weight excluding hydrogens is 542 g/mol. The highest BCUT2D eigenvalue weighted by molar-refractivity contribution is 6.02. The summed E-state index contributed by atoms with van der Waals surface area (Å²) in [6, 6.07) is 15.8. The third-order valence-electron chi connectivity index (χ3n) is 7.78. The number of carbonyl (C=O) groups is 1. The lowest BCUT2D eigenvalue weighted by molar-refractivity contribution is -0.111. The molecule has 2 fully saturated rings. The van der Waals surface area contributed by atoms with E-state index in [1.807, 2.05) is 56.7 Å². The van der Waals surface area contributed by atoms with Gasteiger partial charge in [-0.1, -0.05) is 36.9 Å². The van der Waals surface area contributed by atoms with Gasteiger partial charge in [0.05, 0.1) is 29.9 Å². The highest BCUT2D eigenvalue weighted by atomic mass is 16.5. The summed E-state index contributed by atoms with van der Waals surface area (Å²) >= 11 is 0. The molecular formula is C32H37N9O2. The second-order valence-electron chi connectivity index (χ2n) is 11.3. The lowest BCUT2D eigenvalue weighted by atomic mass is 10.1. The maximum atomic E-state index is 12.4. The van der Waals surface area contributed by atoms with E-state index in [-0.39, 0.29) is 11.4 Å². The number of benzene rings is 2. The molecule has 4 aromatic rings. The highest BCUT2D eigenvalue weighted by Gasteiger charge is 2.46. The first-order valence-electron chi connectivity index (χ1n) is 14.4. The molecule has 1 saturated heterocycles. The van der Waals surface area contributed by atoms with Gasteiger partial charge in [-0.15, -0.1) is 0 Å². The van der Waals surface area contributed by atoms with E-state index in [2.05, 4.69) is 49.4 Å². The zero-order chi connectivity index (χ0) is 30.0. The van der Waals surface area contributed by atoms with Crippen molar-refractivity contribution in [2.45, 2.75) is 24.9 Å². The van der Waals surface area contributed by atoms with Gasteiger partial charge in [0.25, 0.3) is 0 Å². The van der Waals surface area contributed by atoms with Gasteiger partial charge in [-0.05, 0) is 39.1 Å². The average Bonchev–Trinajstić information content (AvgIpc) is 3.62. The second-order valence-corrected chi connectivity index (χ2v) is 11.3. The Kier molecular flexibility index (Phi) is 7.83. The van der Waals surface area contributed by atoms with Gasteiger partial charge in [0.15, 0.2) is 5.82 Å². The van der Waals surface area contributed by atoms with Crippen LogP contribution in [0.3, 0.4) is 0 Å². The van der Waals surface area contributed by atoms with E-state index in [9.17, 15) is 4.79 Å². The summed E-state index contributed by atoms with van der Waals surface area (Å²) in [6.45, 7) is 6.94. The predicted octanol–water partition coefficient (Wildman–Crippen LogP) is 4.21. The monoisotopic (exact) mass is 579 g/mol. The van der Waals surface area contributed by atoms with Gasteiger partial charge in [-0.2, -0.15) is 10.1 Å². The molecule has 6 rings (SSSR count). The summed E-state index contributed by atoms with van der Waals surface area (Å²) < 4.78 is 7.59. The van der Waals surface area contributed by atoms with Crippen molar-refractivity contribution >= 4 is 28.9 Å². The number of methoxy groups -OCH3 is 1. The SMILES string of the molecule is C=CC(=O)Nc1cc(Nc2nccc(-n3cc(CN(C)C)c(-c4ccccc4)n3)n2)c(OC)cc1N1CCNC2(CC2)C1. The molecule has 3 N–H and O–H groups in total. The predicted molar refractivity (Wildman–Crippen MR) is 169 cm³/mol. The Bertz CT molecular complexity index is 1630. The van der Waals surface area contributed by atoms with Crippen LogP contribution in [0.15, 0.2) is 73.6 Å². The first-order valence-corrected chi connectivity index (χ1v) is 14.4. The normalized spacial score (nSPS) is 15.4. The van der Waals surface area contributed by atoms with Crippen molar-refractivity contribution < 1.29 is 9.53 Å². The maximum absolute atomic E-state index is 12.4. The minimum Gasteiger partial charge on any atom is -0.494 e. The number of anilines is 4. The van der Waals surface area contributed by atoms with Gasteiger partial charge in [0.1, 0.15) is 5.75 Å². The average molecular weight is 580 g/mol. The molecule has 43 heavy (non-hydrogen) atoms. The Labute approximate surface area is 251 Å². The van der Waals surface area contributed by atoms with Crippen molar-refractivity contribution in [3.8, 4) is 22.8 Å². The molecule has 1 aliphatic heterocycles. The maximum Gasteiger partial charge on any atom is 0.247 e. The first-order chi connectivity index (χ1) is 20.9. The van der Waals surface area contributed by atoms with Crippen molar-refractivity contribution in [2.75, 3.05) is 56.4 Å². The largest absolute Gasteiger partial charge is 0.494 e. The molecule has 2 aliphatic rings. The zero-order valence-corrected chi connectivity index (χ0v) is 24.8. The summed E-state index contributed by atoms with van der Waals surface area (Å²) in [7, 11) is 5.70. The quantitative estimate of drug-likeness (QED) is 0.238. The third-order valence-corrected chi connectivity index (χ3v) is 7.78. The number of ether oxygens (including phenoxy) is 1. The van der Waals surface area contributed by atoms with Gasteiger partial charge in [0, 0.05) is 67.4 Å². The van der Waals surface area contributed by atoms with Crippen LogP contribution in [0.2, 0.25) is 0 Å². The Morgan fingerprint density at radius 1 is 1.19 bits per heavy atom. The molecule has 11 heteroatoms. The zero-order valence-electron chi connectivity index (χ0n) is 24.8. The molecule has 1 saturated carbocycles. The van der Waals surface area contributed by atoms with Crippen LogP contribution < -0.4 is 25.6 Å². The number of hydrogen-bond donors (Lipinski definition) is 3. The Balaban J connectivity index is 1.33. The van der Waals surface area contributed by atoms with E-state index in [1.54, 1.807) is 18.0 Å². The fraction of sp³-hybridized carbons (Fsp3) is 0.312. The van der Waals surface area contributed by atoms with Crippen molar-refractivity contribution in [3.05, 3.63) is 79.1 Å². The fourth-order valence-electron chi connectivity index (χ4n) is 5.51. The smallest absolute Gasteiger partial charge is 0.247 e. The Morgan fingerprint density at radius 2 is 2.00 bits per heavy atom. The van der Waals surface area contributed by atoms with Crippen LogP contribution >= 0.6 is 0 Å². The topological polar surface area (TPSA) is 112 Å². The molecule has 2 aromatic heterocycles. The van der Waals surface area contributed by atoms with Crippen molar-refractivity contribution in [2.24, 2.45) is 0 Å².